The van der Waals surface area contributed by atoms with E-state index in [4.69, 9.17) is 5.73 Å². The number of hydrogen-bond acceptors (Lipinski definition) is 3. The molecular formula is C13H20ClN3. The van der Waals surface area contributed by atoms with E-state index in [1.54, 1.807) is 0 Å². The molecule has 2 rings (SSSR count). The first-order chi connectivity index (χ1) is 7.74. The highest BCUT2D eigenvalue weighted by Gasteiger charge is 2.19. The lowest BCUT2D eigenvalue weighted by Crippen LogP contribution is -2.31. The van der Waals surface area contributed by atoms with Gasteiger partial charge in [-0.15, -0.1) is 12.4 Å². The molecule has 1 aliphatic rings. The van der Waals surface area contributed by atoms with Gasteiger partial charge in [0.1, 0.15) is 5.84 Å². The zero-order valence-corrected chi connectivity index (χ0v) is 11.2. The number of hydrogen-bond donors (Lipinski definition) is 2. The summed E-state index contributed by atoms with van der Waals surface area (Å²) in [6.07, 6.45) is 1.02. The van der Waals surface area contributed by atoms with Crippen LogP contribution in [0.4, 0.5) is 0 Å². The molecule has 1 heterocycles. The lowest BCUT2D eigenvalue weighted by Gasteiger charge is -2.18. The predicted molar refractivity (Wildman–Crippen MR) is 75.0 cm³/mol. The molecule has 0 aromatic heterocycles. The monoisotopic (exact) mass is 253 g/mol. The molecule has 0 spiro atoms. The van der Waals surface area contributed by atoms with Crippen molar-refractivity contribution >= 4 is 18.2 Å². The molecule has 0 aliphatic carbocycles. The lowest BCUT2D eigenvalue weighted by molar-refractivity contribution is 0.873. The van der Waals surface area contributed by atoms with Gasteiger partial charge < -0.3 is 11.1 Å². The summed E-state index contributed by atoms with van der Waals surface area (Å²) < 4.78 is 0. The maximum atomic E-state index is 6.25. The van der Waals surface area contributed by atoms with Gasteiger partial charge in [0.05, 0.1) is 12.6 Å². The second kappa shape index (κ2) is 6.03. The van der Waals surface area contributed by atoms with Crippen LogP contribution in [-0.2, 0) is 6.42 Å². The van der Waals surface area contributed by atoms with Crippen molar-refractivity contribution in [2.75, 3.05) is 13.1 Å². The van der Waals surface area contributed by atoms with Crippen molar-refractivity contribution in [3.8, 4) is 0 Å². The Labute approximate surface area is 109 Å². The zero-order chi connectivity index (χ0) is 11.5. The van der Waals surface area contributed by atoms with E-state index in [0.717, 1.165) is 25.3 Å². The number of halogens is 1. The molecule has 17 heavy (non-hydrogen) atoms. The van der Waals surface area contributed by atoms with E-state index in [9.17, 15) is 0 Å². The summed E-state index contributed by atoms with van der Waals surface area (Å²) in [4.78, 5) is 4.40. The molecule has 1 atom stereocenters. The summed E-state index contributed by atoms with van der Waals surface area (Å²) in [5.41, 5.74) is 10.1. The standard InChI is InChI=1S/C13H19N3.ClH/c1-3-10-9(2)5-4-6-11(10)12(14)13-15-7-8-16-13;/h4-6,12H,3,7-8,14H2,1-2H3,(H,15,16);1H. The quantitative estimate of drug-likeness (QED) is 0.866. The van der Waals surface area contributed by atoms with Crippen LogP contribution in [0.2, 0.25) is 0 Å². The highest BCUT2D eigenvalue weighted by Crippen LogP contribution is 2.21. The van der Waals surface area contributed by atoms with Crippen molar-refractivity contribution in [2.45, 2.75) is 26.3 Å². The number of aryl methyl sites for hydroxylation is 1. The Morgan fingerprint density at radius 3 is 2.82 bits per heavy atom. The number of nitrogens with zero attached hydrogens (tertiary/aromatic N) is 1. The molecule has 3 N–H and O–H groups in total. The van der Waals surface area contributed by atoms with Gasteiger partial charge in [0.2, 0.25) is 0 Å². The highest BCUT2D eigenvalue weighted by molar-refractivity contribution is 5.89. The Kier molecular flexibility index (Phi) is 4.97. The van der Waals surface area contributed by atoms with Gasteiger partial charge in [-0.05, 0) is 30.0 Å². The van der Waals surface area contributed by atoms with Crippen LogP contribution in [0, 0.1) is 6.92 Å². The normalized spacial score (nSPS) is 15.8. The Bertz CT molecular complexity index is 415. The summed E-state index contributed by atoms with van der Waals surface area (Å²) in [6, 6.07) is 6.22. The largest absolute Gasteiger partial charge is 0.370 e. The van der Waals surface area contributed by atoms with Gasteiger partial charge >= 0.3 is 0 Å². The first kappa shape index (κ1) is 14.0. The van der Waals surface area contributed by atoms with E-state index >= 15 is 0 Å². The number of nitrogens with two attached hydrogens (primary N) is 1. The molecule has 1 unspecified atom stereocenters. The van der Waals surface area contributed by atoms with Crippen LogP contribution in [0.25, 0.3) is 0 Å². The minimum Gasteiger partial charge on any atom is -0.370 e. The molecule has 3 nitrogen and oxygen atoms in total. The first-order valence-electron chi connectivity index (χ1n) is 5.86. The smallest absolute Gasteiger partial charge is 0.118 e. The minimum absolute atomic E-state index is 0. The lowest BCUT2D eigenvalue weighted by atomic mass is 9.94. The van der Waals surface area contributed by atoms with Gasteiger partial charge in [-0.1, -0.05) is 25.1 Å². The zero-order valence-electron chi connectivity index (χ0n) is 10.4. The van der Waals surface area contributed by atoms with Gasteiger partial charge in [0.15, 0.2) is 0 Å². The molecule has 0 saturated carbocycles. The number of amidine groups is 1. The average Bonchev–Trinajstić information content (AvgIpc) is 2.81. The molecular weight excluding hydrogens is 234 g/mol. The number of benzene rings is 1. The van der Waals surface area contributed by atoms with Crippen molar-refractivity contribution in [1.29, 1.82) is 0 Å². The van der Waals surface area contributed by atoms with E-state index in [-0.39, 0.29) is 18.4 Å². The average molecular weight is 254 g/mol. The third-order valence-corrected chi connectivity index (χ3v) is 3.13. The fourth-order valence-electron chi connectivity index (χ4n) is 2.27. The summed E-state index contributed by atoms with van der Waals surface area (Å²) >= 11 is 0. The van der Waals surface area contributed by atoms with Crippen molar-refractivity contribution in [3.63, 3.8) is 0 Å². The fourth-order valence-corrected chi connectivity index (χ4v) is 2.27. The fraction of sp³-hybridized carbons (Fsp3) is 0.462. The van der Waals surface area contributed by atoms with Crippen molar-refractivity contribution in [2.24, 2.45) is 10.7 Å². The molecule has 4 heteroatoms. The third-order valence-electron chi connectivity index (χ3n) is 3.13. The van der Waals surface area contributed by atoms with E-state index in [1.807, 2.05) is 0 Å². The van der Waals surface area contributed by atoms with Crippen molar-refractivity contribution in [3.05, 3.63) is 34.9 Å². The molecule has 94 valence electrons. The molecule has 0 amide bonds. The highest BCUT2D eigenvalue weighted by atomic mass is 35.5. The summed E-state index contributed by atoms with van der Waals surface area (Å²) in [5.74, 6) is 0.931. The maximum Gasteiger partial charge on any atom is 0.118 e. The van der Waals surface area contributed by atoms with Gasteiger partial charge in [0, 0.05) is 6.54 Å². The van der Waals surface area contributed by atoms with Crippen LogP contribution in [-0.4, -0.2) is 18.9 Å². The summed E-state index contributed by atoms with van der Waals surface area (Å²) in [7, 11) is 0. The summed E-state index contributed by atoms with van der Waals surface area (Å²) in [6.45, 7) is 6.06. The third kappa shape index (κ3) is 2.79. The van der Waals surface area contributed by atoms with Crippen LogP contribution in [0.3, 0.4) is 0 Å². The van der Waals surface area contributed by atoms with E-state index in [2.05, 4.69) is 42.4 Å². The first-order valence-corrected chi connectivity index (χ1v) is 5.86. The van der Waals surface area contributed by atoms with Gasteiger partial charge in [-0.2, -0.15) is 0 Å². The van der Waals surface area contributed by atoms with Crippen LogP contribution in [0.1, 0.15) is 29.7 Å². The number of aliphatic imine (C=N–C) groups is 1. The summed E-state index contributed by atoms with van der Waals surface area (Å²) in [5, 5.41) is 3.25. The van der Waals surface area contributed by atoms with Gasteiger partial charge in [-0.3, -0.25) is 4.99 Å². The number of rotatable bonds is 3. The SMILES string of the molecule is CCc1c(C)cccc1C(N)C1=NCCN1.Cl. The second-order valence-electron chi connectivity index (χ2n) is 4.17. The van der Waals surface area contributed by atoms with Crippen LogP contribution >= 0.6 is 12.4 Å². The van der Waals surface area contributed by atoms with Gasteiger partial charge in [0.25, 0.3) is 0 Å². The maximum absolute atomic E-state index is 6.25. The van der Waals surface area contributed by atoms with E-state index < -0.39 is 0 Å². The van der Waals surface area contributed by atoms with Crippen molar-refractivity contribution in [1.82, 2.24) is 5.32 Å². The van der Waals surface area contributed by atoms with Crippen LogP contribution < -0.4 is 11.1 Å². The Morgan fingerprint density at radius 2 is 2.24 bits per heavy atom. The molecule has 0 fully saturated rings. The van der Waals surface area contributed by atoms with Crippen LogP contribution in [0.5, 0.6) is 0 Å². The molecule has 0 bridgehead atoms. The second-order valence-corrected chi connectivity index (χ2v) is 4.17. The minimum atomic E-state index is -0.0997. The van der Waals surface area contributed by atoms with Crippen LogP contribution in [0.15, 0.2) is 23.2 Å². The van der Waals surface area contributed by atoms with Crippen molar-refractivity contribution < 1.29 is 0 Å². The molecule has 1 aromatic rings. The van der Waals surface area contributed by atoms with E-state index in [0.29, 0.717) is 0 Å². The molecule has 1 aliphatic heterocycles. The number of nitrogens with one attached hydrogen (secondary N) is 1. The molecule has 1 aromatic carbocycles. The molecule has 0 saturated heterocycles. The Hall–Kier alpha value is -1.06. The topological polar surface area (TPSA) is 50.4 Å². The van der Waals surface area contributed by atoms with E-state index in [1.165, 1.54) is 16.7 Å². The van der Waals surface area contributed by atoms with Gasteiger partial charge in [-0.25, -0.2) is 0 Å². The Balaban J connectivity index is 0.00000144. The predicted octanol–water partition coefficient (Wildman–Crippen LogP) is 1.98. The molecule has 0 radical (unpaired) electrons. The Morgan fingerprint density at radius 1 is 1.47 bits per heavy atom.